The molecule has 0 spiro atoms. The van der Waals surface area contributed by atoms with Gasteiger partial charge in [0.15, 0.2) is 0 Å². The van der Waals surface area contributed by atoms with Crippen molar-refractivity contribution in [3.63, 3.8) is 0 Å². The zero-order chi connectivity index (χ0) is 20.4. The third kappa shape index (κ3) is 3.70. The number of hydrogen-bond acceptors (Lipinski definition) is 4. The highest BCUT2D eigenvalue weighted by Crippen LogP contribution is 2.40. The van der Waals surface area contributed by atoms with Crippen molar-refractivity contribution >= 4 is 29.1 Å². The minimum Gasteiger partial charge on any atom is -0.347 e. The van der Waals surface area contributed by atoms with Crippen LogP contribution < -0.4 is 0 Å². The molecule has 146 valence electrons. The lowest BCUT2D eigenvalue weighted by Crippen LogP contribution is -2.28. The van der Waals surface area contributed by atoms with Crippen molar-refractivity contribution in [2.24, 2.45) is 20.9 Å². The third-order valence-electron chi connectivity index (χ3n) is 5.33. The molecule has 4 nitrogen and oxygen atoms in total. The Morgan fingerprint density at radius 3 is 2.62 bits per heavy atom. The highest BCUT2D eigenvalue weighted by atomic mass is 15.2. The summed E-state index contributed by atoms with van der Waals surface area (Å²) in [6.07, 6.45) is 16.2. The summed E-state index contributed by atoms with van der Waals surface area (Å²) in [5.74, 6) is 0.744. The van der Waals surface area contributed by atoms with Gasteiger partial charge in [0.1, 0.15) is 0 Å². The number of nitrogens with zero attached hydrogens (tertiary/aromatic N) is 4. The fourth-order valence-corrected chi connectivity index (χ4v) is 3.77. The molecule has 0 saturated heterocycles. The molecule has 1 unspecified atom stereocenters. The van der Waals surface area contributed by atoms with Crippen molar-refractivity contribution in [2.75, 3.05) is 14.1 Å². The van der Waals surface area contributed by atoms with Crippen LogP contribution >= 0.6 is 0 Å². The van der Waals surface area contributed by atoms with Gasteiger partial charge in [-0.1, -0.05) is 62.1 Å². The molecule has 2 aliphatic heterocycles. The summed E-state index contributed by atoms with van der Waals surface area (Å²) in [4.78, 5) is 16.5. The maximum absolute atomic E-state index is 4.98. The summed E-state index contributed by atoms with van der Waals surface area (Å²) in [6.45, 7) is 6.56. The molecule has 1 aromatic carbocycles. The molecule has 0 saturated carbocycles. The number of aliphatic imine (C=N–C) groups is 3. The lowest BCUT2D eigenvalue weighted by atomic mass is 9.86. The smallest absolute Gasteiger partial charge is 0.225 e. The normalized spacial score (nSPS) is 24.1. The van der Waals surface area contributed by atoms with E-state index in [0.717, 1.165) is 46.6 Å². The lowest BCUT2D eigenvalue weighted by Gasteiger charge is -2.26. The van der Waals surface area contributed by atoms with E-state index in [9.17, 15) is 0 Å². The second-order valence-corrected chi connectivity index (χ2v) is 7.62. The zero-order valence-corrected chi connectivity index (χ0v) is 17.3. The van der Waals surface area contributed by atoms with Crippen LogP contribution in [0.25, 0.3) is 5.57 Å². The molecule has 0 N–H and O–H groups in total. The standard InChI is InChI=1S/C25H26N4/c1-17-11-7-5-6-8-15-21-18(2)23(28-25(27-21)29(3)4)22(17)20-14-9-12-19-13-10-16-26-24(19)20/h5-9,11-12,14-16,18H,1,10,13H2,2-4H3/b6-5-,11-7+,15-8+,23-22?. The molecular formula is C25H26N4. The summed E-state index contributed by atoms with van der Waals surface area (Å²) in [5.41, 5.74) is 7.34. The van der Waals surface area contributed by atoms with E-state index in [0.29, 0.717) is 5.96 Å². The number of allylic oxidation sites excluding steroid dienone is 9. The summed E-state index contributed by atoms with van der Waals surface area (Å²) < 4.78 is 0. The fraction of sp³-hybridized carbons (Fsp3) is 0.240. The monoisotopic (exact) mass is 382 g/mol. The van der Waals surface area contributed by atoms with E-state index in [1.54, 1.807) is 0 Å². The SMILES string of the molecule is C=C1/C=C/C=C\C=C\C2=NC(N(C)C)=NC(=C1c1cccc3c1N=CCC3)C2C. The molecule has 1 atom stereocenters. The molecule has 2 bridgehead atoms. The summed E-state index contributed by atoms with van der Waals surface area (Å²) >= 11 is 0. The number of fused-ring (bicyclic) bond motifs is 3. The summed E-state index contributed by atoms with van der Waals surface area (Å²) in [6, 6.07) is 6.42. The minimum atomic E-state index is 0.0463. The van der Waals surface area contributed by atoms with Crippen molar-refractivity contribution in [2.45, 2.75) is 19.8 Å². The Kier molecular flexibility index (Phi) is 5.26. The van der Waals surface area contributed by atoms with E-state index >= 15 is 0 Å². The van der Waals surface area contributed by atoms with Gasteiger partial charge in [0.05, 0.1) is 17.1 Å². The molecule has 1 aromatic rings. The average molecular weight is 383 g/mol. The third-order valence-corrected chi connectivity index (χ3v) is 5.33. The van der Waals surface area contributed by atoms with Crippen LogP contribution in [0.4, 0.5) is 5.69 Å². The molecule has 1 aliphatic carbocycles. The van der Waals surface area contributed by atoms with Gasteiger partial charge in [0, 0.05) is 37.4 Å². The molecule has 0 fully saturated rings. The fourth-order valence-electron chi connectivity index (χ4n) is 3.77. The van der Waals surface area contributed by atoms with Gasteiger partial charge in [0.2, 0.25) is 5.96 Å². The number of benzene rings is 1. The van der Waals surface area contributed by atoms with Crippen LogP contribution in [-0.4, -0.2) is 36.9 Å². The molecule has 0 amide bonds. The molecule has 0 radical (unpaired) electrons. The minimum absolute atomic E-state index is 0.0463. The second kappa shape index (κ2) is 8.00. The predicted octanol–water partition coefficient (Wildman–Crippen LogP) is 5.29. The Morgan fingerprint density at radius 1 is 1.03 bits per heavy atom. The van der Waals surface area contributed by atoms with Crippen molar-refractivity contribution < 1.29 is 0 Å². The topological polar surface area (TPSA) is 40.3 Å². The van der Waals surface area contributed by atoms with Crippen LogP contribution in [0.5, 0.6) is 0 Å². The van der Waals surface area contributed by atoms with Crippen molar-refractivity contribution in [3.05, 3.63) is 83.6 Å². The van der Waals surface area contributed by atoms with E-state index in [-0.39, 0.29) is 5.92 Å². The van der Waals surface area contributed by atoms with Crippen LogP contribution in [0.15, 0.2) is 87.5 Å². The van der Waals surface area contributed by atoms with Gasteiger partial charge in [-0.05, 0) is 30.1 Å². The van der Waals surface area contributed by atoms with E-state index in [1.165, 1.54) is 5.56 Å². The molecule has 3 aliphatic rings. The number of hydrogen-bond donors (Lipinski definition) is 0. The molecule has 4 rings (SSSR count). The van der Waals surface area contributed by atoms with Crippen molar-refractivity contribution in [3.8, 4) is 0 Å². The van der Waals surface area contributed by atoms with Crippen LogP contribution in [-0.2, 0) is 6.42 Å². The quantitative estimate of drug-likeness (QED) is 0.650. The highest BCUT2D eigenvalue weighted by molar-refractivity contribution is 6.10. The van der Waals surface area contributed by atoms with Crippen LogP contribution in [0.2, 0.25) is 0 Å². The van der Waals surface area contributed by atoms with Gasteiger partial charge in [0.25, 0.3) is 0 Å². The Bertz CT molecular complexity index is 1060. The number of rotatable bonds is 1. The molecule has 29 heavy (non-hydrogen) atoms. The number of aryl methyl sites for hydroxylation is 1. The average Bonchev–Trinajstić information content (AvgIpc) is 2.73. The van der Waals surface area contributed by atoms with Crippen molar-refractivity contribution in [1.29, 1.82) is 0 Å². The Morgan fingerprint density at radius 2 is 1.83 bits per heavy atom. The first-order valence-corrected chi connectivity index (χ1v) is 10.0. The van der Waals surface area contributed by atoms with Gasteiger partial charge >= 0.3 is 0 Å². The van der Waals surface area contributed by atoms with E-state index in [4.69, 9.17) is 15.0 Å². The first kappa shape index (κ1) is 19.1. The Labute approximate surface area is 172 Å². The zero-order valence-electron chi connectivity index (χ0n) is 17.3. The second-order valence-electron chi connectivity index (χ2n) is 7.62. The predicted molar refractivity (Wildman–Crippen MR) is 124 cm³/mol. The first-order valence-electron chi connectivity index (χ1n) is 10.0. The number of guanidine groups is 1. The van der Waals surface area contributed by atoms with Crippen molar-refractivity contribution in [1.82, 2.24) is 4.90 Å². The van der Waals surface area contributed by atoms with Gasteiger partial charge in [-0.25, -0.2) is 9.98 Å². The summed E-state index contributed by atoms with van der Waals surface area (Å²) in [7, 11) is 3.94. The maximum Gasteiger partial charge on any atom is 0.225 e. The van der Waals surface area contributed by atoms with Crippen LogP contribution in [0.1, 0.15) is 24.5 Å². The molecule has 2 heterocycles. The Hall–Kier alpha value is -3.27. The Balaban J connectivity index is 2.03. The van der Waals surface area contributed by atoms with E-state index in [2.05, 4.69) is 37.8 Å². The van der Waals surface area contributed by atoms with Gasteiger partial charge < -0.3 is 4.90 Å². The van der Waals surface area contributed by atoms with Gasteiger partial charge in [-0.2, -0.15) is 0 Å². The summed E-state index contributed by atoms with van der Waals surface area (Å²) in [5, 5.41) is 0. The van der Waals surface area contributed by atoms with Crippen LogP contribution in [0.3, 0.4) is 0 Å². The van der Waals surface area contributed by atoms with E-state index < -0.39 is 0 Å². The van der Waals surface area contributed by atoms with E-state index in [1.807, 2.05) is 55.6 Å². The molecule has 4 heteroatoms. The lowest BCUT2D eigenvalue weighted by molar-refractivity contribution is 0.608. The first-order chi connectivity index (χ1) is 14.1. The largest absolute Gasteiger partial charge is 0.347 e. The highest BCUT2D eigenvalue weighted by Gasteiger charge is 2.27. The van der Waals surface area contributed by atoms with Crippen LogP contribution in [0, 0.1) is 5.92 Å². The molecule has 0 aromatic heterocycles. The van der Waals surface area contributed by atoms with Gasteiger partial charge in [-0.3, -0.25) is 4.99 Å². The number of para-hydroxylation sites is 1. The van der Waals surface area contributed by atoms with Gasteiger partial charge in [-0.15, -0.1) is 0 Å². The molecular weight excluding hydrogens is 356 g/mol. The maximum atomic E-state index is 4.98.